The predicted molar refractivity (Wildman–Crippen MR) is 184 cm³/mol. The van der Waals surface area contributed by atoms with Crippen LogP contribution in [0.1, 0.15) is 213 Å². The molecule has 260 valence electrons. The van der Waals surface area contributed by atoms with Crippen molar-refractivity contribution in [3.8, 4) is 0 Å². The van der Waals surface area contributed by atoms with Gasteiger partial charge in [-0.1, -0.05) is 181 Å². The third kappa shape index (κ3) is 57.1. The van der Waals surface area contributed by atoms with Gasteiger partial charge in [0.15, 0.2) is 0 Å². The zero-order valence-corrected chi connectivity index (χ0v) is 29.1. The lowest BCUT2D eigenvalue weighted by molar-refractivity contribution is -0.138. The van der Waals surface area contributed by atoms with Gasteiger partial charge in [0, 0.05) is 12.8 Å². The largest absolute Gasteiger partial charge is 0.481 e. The van der Waals surface area contributed by atoms with Crippen molar-refractivity contribution in [3.05, 3.63) is 0 Å². The van der Waals surface area contributed by atoms with Crippen LogP contribution in [0, 0.1) is 0 Å². The number of carbonyl (C=O) groups is 2. The van der Waals surface area contributed by atoms with Crippen LogP contribution in [0.2, 0.25) is 0 Å². The molecule has 0 bridgehead atoms. The molecule has 0 saturated heterocycles. The van der Waals surface area contributed by atoms with Gasteiger partial charge in [0.05, 0.1) is 12.7 Å². The van der Waals surface area contributed by atoms with Crippen molar-refractivity contribution >= 4 is 11.9 Å². The summed E-state index contributed by atoms with van der Waals surface area (Å²) in [5, 5.41) is 33.0. The average molecular weight is 617 g/mol. The number of hydrogen-bond donors (Lipinski definition) is 4. The normalized spacial score (nSPS) is 11.3. The summed E-state index contributed by atoms with van der Waals surface area (Å²) in [6, 6.07) is 0. The summed E-state index contributed by atoms with van der Waals surface area (Å²) in [5.41, 5.74) is 0. The standard InChI is InChI=1S/C18H36O2.C16H32O2.C3H8O2/c1-2-3-4-5-6-7-8-9-10-11-12-13-14-15-16-17-18(19)20;1-2-3-4-5-6-7-8-9-10-11-12-13-14-15-16(17)18;1-3(5)2-4/h2-17H2,1H3,(H,19,20);2-15H2,1H3,(H,17,18);3-5H,2H2,1H3. The van der Waals surface area contributed by atoms with Gasteiger partial charge >= 0.3 is 11.9 Å². The van der Waals surface area contributed by atoms with Gasteiger partial charge in [-0.15, -0.1) is 0 Å². The highest BCUT2D eigenvalue weighted by atomic mass is 16.4. The molecule has 0 aromatic rings. The predicted octanol–water partition coefficient (Wildman–Crippen LogP) is 11.2. The highest BCUT2D eigenvalue weighted by molar-refractivity contribution is 5.66. The lowest BCUT2D eigenvalue weighted by atomic mass is 10.0. The van der Waals surface area contributed by atoms with Crippen LogP contribution in [0.5, 0.6) is 0 Å². The molecule has 0 aromatic heterocycles. The fraction of sp³-hybridized carbons (Fsp3) is 0.946. The molecule has 0 aliphatic carbocycles. The fourth-order valence-corrected chi connectivity index (χ4v) is 4.94. The topological polar surface area (TPSA) is 115 Å². The lowest BCUT2D eigenvalue weighted by Crippen LogP contribution is -2.03. The minimum atomic E-state index is -0.655. The molecule has 0 aliphatic heterocycles. The third-order valence-electron chi connectivity index (χ3n) is 7.75. The number of carboxylic acids is 2. The number of aliphatic hydroxyl groups excluding tert-OH is 2. The molecule has 43 heavy (non-hydrogen) atoms. The second kappa shape index (κ2) is 43.0. The Morgan fingerprint density at radius 3 is 0.721 bits per heavy atom. The van der Waals surface area contributed by atoms with E-state index in [1.807, 2.05) is 0 Å². The molecule has 1 unspecified atom stereocenters. The first kappa shape index (κ1) is 46.3. The van der Waals surface area contributed by atoms with Gasteiger partial charge in [0.1, 0.15) is 0 Å². The van der Waals surface area contributed by atoms with Crippen LogP contribution >= 0.6 is 0 Å². The molecule has 0 fully saturated rings. The van der Waals surface area contributed by atoms with Crippen LogP contribution in [-0.4, -0.2) is 45.1 Å². The number of aliphatic hydroxyl groups is 2. The molecular formula is C37H76O6. The smallest absolute Gasteiger partial charge is 0.303 e. The van der Waals surface area contributed by atoms with Crippen molar-refractivity contribution in [3.63, 3.8) is 0 Å². The van der Waals surface area contributed by atoms with Crippen LogP contribution in [0.25, 0.3) is 0 Å². The molecule has 6 heteroatoms. The summed E-state index contributed by atoms with van der Waals surface area (Å²) in [5.74, 6) is -1.31. The quantitative estimate of drug-likeness (QED) is 0.0576. The van der Waals surface area contributed by atoms with Gasteiger partial charge in [-0.05, 0) is 19.8 Å². The van der Waals surface area contributed by atoms with Crippen LogP contribution in [0.3, 0.4) is 0 Å². The molecule has 0 rings (SSSR count). The summed E-state index contributed by atoms with van der Waals surface area (Å²) in [6.45, 7) is 5.92. The first-order valence-electron chi connectivity index (χ1n) is 18.5. The van der Waals surface area contributed by atoms with Gasteiger partial charge in [-0.3, -0.25) is 9.59 Å². The average Bonchev–Trinajstić information content (AvgIpc) is 2.98. The van der Waals surface area contributed by atoms with Gasteiger partial charge < -0.3 is 20.4 Å². The monoisotopic (exact) mass is 617 g/mol. The van der Waals surface area contributed by atoms with E-state index < -0.39 is 18.0 Å². The van der Waals surface area contributed by atoms with E-state index in [0.717, 1.165) is 25.7 Å². The molecule has 0 radical (unpaired) electrons. The molecule has 0 amide bonds. The summed E-state index contributed by atoms with van der Waals surface area (Å²) < 4.78 is 0. The highest BCUT2D eigenvalue weighted by Crippen LogP contribution is 2.14. The van der Waals surface area contributed by atoms with Crippen molar-refractivity contribution in [1.82, 2.24) is 0 Å². The van der Waals surface area contributed by atoms with Gasteiger partial charge in [-0.25, -0.2) is 0 Å². The summed E-state index contributed by atoms with van der Waals surface area (Å²) >= 11 is 0. The maximum atomic E-state index is 10.3. The number of aliphatic carboxylic acids is 2. The van der Waals surface area contributed by atoms with E-state index in [2.05, 4.69) is 13.8 Å². The van der Waals surface area contributed by atoms with E-state index in [1.165, 1.54) is 161 Å². The maximum Gasteiger partial charge on any atom is 0.303 e. The van der Waals surface area contributed by atoms with Crippen molar-refractivity contribution in [2.24, 2.45) is 0 Å². The highest BCUT2D eigenvalue weighted by Gasteiger charge is 1.98. The Kier molecular flexibility index (Phi) is 46.3. The van der Waals surface area contributed by atoms with Gasteiger partial charge in [-0.2, -0.15) is 0 Å². The Labute approximate surface area is 267 Å². The third-order valence-corrected chi connectivity index (χ3v) is 7.75. The minimum Gasteiger partial charge on any atom is -0.481 e. The van der Waals surface area contributed by atoms with E-state index in [9.17, 15) is 9.59 Å². The fourth-order valence-electron chi connectivity index (χ4n) is 4.94. The Balaban J connectivity index is -0.000000645. The van der Waals surface area contributed by atoms with Crippen molar-refractivity contribution in [2.45, 2.75) is 219 Å². The summed E-state index contributed by atoms with van der Waals surface area (Å²) in [6.07, 6.45) is 36.9. The van der Waals surface area contributed by atoms with Crippen LogP contribution in [0.15, 0.2) is 0 Å². The number of hydrogen-bond acceptors (Lipinski definition) is 4. The number of carboxylic acid groups (broad SMARTS) is 2. The van der Waals surface area contributed by atoms with E-state index >= 15 is 0 Å². The first-order chi connectivity index (χ1) is 20.8. The Morgan fingerprint density at radius 2 is 0.581 bits per heavy atom. The number of rotatable bonds is 31. The maximum absolute atomic E-state index is 10.3. The minimum absolute atomic E-state index is 0.139. The van der Waals surface area contributed by atoms with Crippen molar-refractivity contribution in [2.75, 3.05) is 6.61 Å². The lowest BCUT2D eigenvalue weighted by Gasteiger charge is -2.03. The van der Waals surface area contributed by atoms with Crippen molar-refractivity contribution < 1.29 is 30.0 Å². The molecule has 0 saturated carbocycles. The summed E-state index contributed by atoms with van der Waals surface area (Å²) in [7, 11) is 0. The molecular weight excluding hydrogens is 540 g/mol. The molecule has 4 N–H and O–H groups in total. The Hall–Kier alpha value is -1.14. The van der Waals surface area contributed by atoms with Crippen LogP contribution in [0.4, 0.5) is 0 Å². The van der Waals surface area contributed by atoms with Crippen LogP contribution in [-0.2, 0) is 9.59 Å². The van der Waals surface area contributed by atoms with E-state index in [1.54, 1.807) is 0 Å². The zero-order valence-electron chi connectivity index (χ0n) is 29.1. The van der Waals surface area contributed by atoms with Crippen molar-refractivity contribution in [1.29, 1.82) is 0 Å². The van der Waals surface area contributed by atoms with Crippen LogP contribution < -0.4 is 0 Å². The van der Waals surface area contributed by atoms with Gasteiger partial charge in [0.25, 0.3) is 0 Å². The number of unbranched alkanes of at least 4 members (excludes halogenated alkanes) is 26. The van der Waals surface area contributed by atoms with E-state index in [0.29, 0.717) is 12.8 Å². The molecule has 0 aliphatic rings. The molecule has 1 atom stereocenters. The van der Waals surface area contributed by atoms with Gasteiger partial charge in [0.2, 0.25) is 0 Å². The Bertz CT molecular complexity index is 523. The van der Waals surface area contributed by atoms with E-state index in [4.69, 9.17) is 20.4 Å². The molecule has 0 spiro atoms. The molecule has 6 nitrogen and oxygen atoms in total. The van der Waals surface area contributed by atoms with E-state index in [-0.39, 0.29) is 6.61 Å². The molecule has 0 heterocycles. The first-order valence-corrected chi connectivity index (χ1v) is 18.5. The zero-order chi connectivity index (χ0) is 32.7. The summed E-state index contributed by atoms with van der Waals surface area (Å²) in [4.78, 5) is 20.6. The molecule has 0 aromatic carbocycles. The second-order valence-corrected chi connectivity index (χ2v) is 12.5. The Morgan fingerprint density at radius 1 is 0.419 bits per heavy atom. The second-order valence-electron chi connectivity index (χ2n) is 12.5. The SMILES string of the molecule is CC(O)CO.CCCCCCCCCCCCCCCC(=O)O.CCCCCCCCCCCCCCCCCC(=O)O.